The van der Waals surface area contributed by atoms with E-state index in [1.807, 2.05) is 54.3 Å². The molecule has 0 spiro atoms. The van der Waals surface area contributed by atoms with Gasteiger partial charge in [-0.2, -0.15) is 0 Å². The van der Waals surface area contributed by atoms with Crippen LogP contribution >= 0.6 is 12.4 Å². The van der Waals surface area contributed by atoms with Crippen LogP contribution in [0.2, 0.25) is 0 Å². The molecule has 2 amide bonds. The van der Waals surface area contributed by atoms with Crippen molar-refractivity contribution in [2.75, 3.05) is 18.4 Å². The summed E-state index contributed by atoms with van der Waals surface area (Å²) >= 11 is 0. The van der Waals surface area contributed by atoms with E-state index in [1.165, 1.54) is 0 Å². The van der Waals surface area contributed by atoms with E-state index in [0.29, 0.717) is 11.3 Å². The smallest absolute Gasteiger partial charge is 0.256 e. The topological polar surface area (TPSA) is 75.4 Å². The van der Waals surface area contributed by atoms with Crippen molar-refractivity contribution in [3.05, 3.63) is 65.2 Å². The Hall–Kier alpha value is -2.37. The third kappa shape index (κ3) is 5.08. The molecular formula is C21H26ClN3O2. The summed E-state index contributed by atoms with van der Waals surface area (Å²) in [6, 6.07) is 14.7. The van der Waals surface area contributed by atoms with Crippen LogP contribution in [0.1, 0.15) is 46.8 Å². The molecule has 1 aliphatic rings. The lowest BCUT2D eigenvalue weighted by Gasteiger charge is -2.20. The predicted octanol–water partition coefficient (Wildman–Crippen LogP) is 3.68. The van der Waals surface area contributed by atoms with Gasteiger partial charge in [-0.25, -0.2) is 0 Å². The normalized spacial score (nSPS) is 14.4. The molecule has 0 bridgehead atoms. The number of likely N-dealkylation sites (tertiary alicyclic amines) is 1. The van der Waals surface area contributed by atoms with Gasteiger partial charge in [0.1, 0.15) is 0 Å². The number of anilines is 1. The molecule has 5 nitrogen and oxygen atoms in total. The standard InChI is InChI=1S/C21H25N3O2.ClH/c1-15-8-7-11-18(20(15)21(26)24-12-5-6-13-24)23-19(25)14-17(22)16-9-3-2-4-10-16;/h2-4,7-11,17H,5-6,12-14,22H2,1H3,(H,23,25);1H. The second-order valence-corrected chi connectivity index (χ2v) is 6.77. The van der Waals surface area contributed by atoms with Crippen molar-refractivity contribution < 1.29 is 9.59 Å². The Labute approximate surface area is 166 Å². The van der Waals surface area contributed by atoms with Gasteiger partial charge in [0.25, 0.3) is 5.91 Å². The molecule has 1 fully saturated rings. The number of aryl methyl sites for hydroxylation is 1. The highest BCUT2D eigenvalue weighted by Crippen LogP contribution is 2.24. The Morgan fingerprint density at radius 1 is 1.07 bits per heavy atom. The number of hydrogen-bond donors (Lipinski definition) is 2. The zero-order valence-electron chi connectivity index (χ0n) is 15.5. The van der Waals surface area contributed by atoms with E-state index in [4.69, 9.17) is 5.73 Å². The minimum Gasteiger partial charge on any atom is -0.339 e. The molecule has 2 aromatic rings. The number of halogens is 1. The first-order chi connectivity index (χ1) is 12.6. The van der Waals surface area contributed by atoms with Gasteiger partial charge in [0.15, 0.2) is 0 Å². The molecule has 1 saturated heterocycles. The quantitative estimate of drug-likeness (QED) is 0.821. The maximum absolute atomic E-state index is 12.9. The predicted molar refractivity (Wildman–Crippen MR) is 110 cm³/mol. The van der Waals surface area contributed by atoms with Crippen molar-refractivity contribution in [3.63, 3.8) is 0 Å². The van der Waals surface area contributed by atoms with E-state index in [9.17, 15) is 9.59 Å². The SMILES string of the molecule is Cc1cccc(NC(=O)CC(N)c2ccccc2)c1C(=O)N1CCCC1.Cl. The van der Waals surface area contributed by atoms with E-state index in [-0.39, 0.29) is 36.7 Å². The molecule has 0 aliphatic carbocycles. The Morgan fingerprint density at radius 3 is 2.41 bits per heavy atom. The summed E-state index contributed by atoms with van der Waals surface area (Å²) in [5.74, 6) is -0.203. The van der Waals surface area contributed by atoms with Gasteiger partial charge in [-0.05, 0) is 37.0 Å². The van der Waals surface area contributed by atoms with Crippen molar-refractivity contribution in [2.24, 2.45) is 5.73 Å². The third-order valence-electron chi connectivity index (χ3n) is 4.79. The number of nitrogens with one attached hydrogen (secondary N) is 1. The second kappa shape index (κ2) is 9.53. The lowest BCUT2D eigenvalue weighted by atomic mass is 10.0. The summed E-state index contributed by atoms with van der Waals surface area (Å²) in [5.41, 5.74) is 9.07. The molecule has 3 N–H and O–H groups in total. The first-order valence-electron chi connectivity index (χ1n) is 9.05. The van der Waals surface area contributed by atoms with Gasteiger partial charge in [0, 0.05) is 25.6 Å². The minimum absolute atomic E-state index is 0. The van der Waals surface area contributed by atoms with Gasteiger partial charge in [-0.1, -0.05) is 42.5 Å². The fraction of sp³-hybridized carbons (Fsp3) is 0.333. The highest BCUT2D eigenvalue weighted by atomic mass is 35.5. The van der Waals surface area contributed by atoms with Crippen LogP contribution in [-0.4, -0.2) is 29.8 Å². The summed E-state index contributed by atoms with van der Waals surface area (Å²) in [5, 5.41) is 2.89. The molecule has 2 aromatic carbocycles. The average Bonchev–Trinajstić information content (AvgIpc) is 3.17. The molecule has 6 heteroatoms. The number of carbonyl (C=O) groups excluding carboxylic acids is 2. The van der Waals surface area contributed by atoms with Crippen LogP contribution in [-0.2, 0) is 4.79 Å². The number of hydrogen-bond acceptors (Lipinski definition) is 3. The van der Waals surface area contributed by atoms with Crippen LogP contribution < -0.4 is 11.1 Å². The average molecular weight is 388 g/mol. The van der Waals surface area contributed by atoms with Crippen LogP contribution in [0, 0.1) is 6.92 Å². The summed E-state index contributed by atoms with van der Waals surface area (Å²) in [7, 11) is 0. The van der Waals surface area contributed by atoms with Crippen LogP contribution in [0.15, 0.2) is 48.5 Å². The minimum atomic E-state index is -0.376. The maximum atomic E-state index is 12.9. The van der Waals surface area contributed by atoms with Crippen molar-refractivity contribution in [1.82, 2.24) is 4.90 Å². The van der Waals surface area contributed by atoms with Gasteiger partial charge in [0.05, 0.1) is 11.3 Å². The highest BCUT2D eigenvalue weighted by Gasteiger charge is 2.24. The summed E-state index contributed by atoms with van der Waals surface area (Å²) in [4.78, 5) is 27.2. The molecule has 0 radical (unpaired) electrons. The molecule has 1 heterocycles. The molecule has 1 unspecified atom stereocenters. The number of nitrogens with zero attached hydrogens (tertiary/aromatic N) is 1. The van der Waals surface area contributed by atoms with E-state index in [2.05, 4.69) is 5.32 Å². The largest absolute Gasteiger partial charge is 0.339 e. The van der Waals surface area contributed by atoms with E-state index < -0.39 is 0 Å². The molecule has 1 aliphatic heterocycles. The van der Waals surface area contributed by atoms with Crippen LogP contribution in [0.4, 0.5) is 5.69 Å². The van der Waals surface area contributed by atoms with Gasteiger partial charge < -0.3 is 16.0 Å². The number of amides is 2. The molecule has 0 saturated carbocycles. The van der Waals surface area contributed by atoms with Gasteiger partial charge >= 0.3 is 0 Å². The van der Waals surface area contributed by atoms with Crippen molar-refractivity contribution in [2.45, 2.75) is 32.2 Å². The monoisotopic (exact) mass is 387 g/mol. The number of nitrogens with two attached hydrogens (primary N) is 1. The fourth-order valence-electron chi connectivity index (χ4n) is 3.35. The number of carbonyl (C=O) groups is 2. The first-order valence-corrected chi connectivity index (χ1v) is 9.05. The molecule has 27 heavy (non-hydrogen) atoms. The zero-order valence-corrected chi connectivity index (χ0v) is 16.3. The summed E-state index contributed by atoms with van der Waals surface area (Å²) < 4.78 is 0. The highest BCUT2D eigenvalue weighted by molar-refractivity contribution is 6.05. The fourth-order valence-corrected chi connectivity index (χ4v) is 3.35. The third-order valence-corrected chi connectivity index (χ3v) is 4.79. The van der Waals surface area contributed by atoms with Gasteiger partial charge in [-0.3, -0.25) is 9.59 Å². The molecule has 1 atom stereocenters. The first kappa shape index (κ1) is 20.9. The van der Waals surface area contributed by atoms with Crippen molar-refractivity contribution >= 4 is 29.9 Å². The maximum Gasteiger partial charge on any atom is 0.256 e. The lowest BCUT2D eigenvalue weighted by Crippen LogP contribution is -2.30. The summed E-state index contributed by atoms with van der Waals surface area (Å²) in [6.45, 7) is 3.45. The van der Waals surface area contributed by atoms with E-state index in [1.54, 1.807) is 6.07 Å². The Bertz CT molecular complexity index is 789. The molecule has 3 rings (SSSR count). The van der Waals surface area contributed by atoms with Gasteiger partial charge in [0.2, 0.25) is 5.91 Å². The molecule has 0 aromatic heterocycles. The summed E-state index contributed by atoms with van der Waals surface area (Å²) in [6.07, 6.45) is 2.23. The lowest BCUT2D eigenvalue weighted by molar-refractivity contribution is -0.116. The van der Waals surface area contributed by atoms with E-state index >= 15 is 0 Å². The Morgan fingerprint density at radius 2 is 1.74 bits per heavy atom. The zero-order chi connectivity index (χ0) is 18.5. The van der Waals surface area contributed by atoms with Crippen molar-refractivity contribution in [3.8, 4) is 0 Å². The molecule has 144 valence electrons. The van der Waals surface area contributed by atoms with Crippen molar-refractivity contribution in [1.29, 1.82) is 0 Å². The second-order valence-electron chi connectivity index (χ2n) is 6.77. The molecular weight excluding hydrogens is 362 g/mol. The Balaban J connectivity index is 0.00000261. The number of benzene rings is 2. The van der Waals surface area contributed by atoms with Gasteiger partial charge in [-0.15, -0.1) is 12.4 Å². The number of rotatable bonds is 5. The van der Waals surface area contributed by atoms with E-state index in [0.717, 1.165) is 37.1 Å². The van der Waals surface area contributed by atoms with Crippen LogP contribution in [0.5, 0.6) is 0 Å². The van der Waals surface area contributed by atoms with Crippen LogP contribution in [0.25, 0.3) is 0 Å². The van der Waals surface area contributed by atoms with Crippen LogP contribution in [0.3, 0.4) is 0 Å². The Kier molecular flexibility index (Phi) is 7.39.